The van der Waals surface area contributed by atoms with Crippen LogP contribution in [0.25, 0.3) is 0 Å². The molecule has 0 atom stereocenters. The summed E-state index contributed by atoms with van der Waals surface area (Å²) in [6.45, 7) is 13.1. The summed E-state index contributed by atoms with van der Waals surface area (Å²) in [7, 11) is 0. The first-order chi connectivity index (χ1) is 8.00. The molecule has 0 aliphatic heterocycles. The second-order valence-electron chi connectivity index (χ2n) is 4.75. The van der Waals surface area contributed by atoms with Gasteiger partial charge >= 0.3 is 0 Å². The Kier molecular flexibility index (Phi) is 5.16. The average Bonchev–Trinajstić information content (AvgIpc) is 2.33. The van der Waals surface area contributed by atoms with Crippen LogP contribution < -0.4 is 5.73 Å². The predicted molar refractivity (Wildman–Crippen MR) is 73.7 cm³/mol. The predicted octanol–water partition coefficient (Wildman–Crippen LogP) is 2.75. The second-order valence-corrected chi connectivity index (χ2v) is 4.75. The molecule has 0 saturated heterocycles. The van der Waals surface area contributed by atoms with Crippen LogP contribution in [0, 0.1) is 34.6 Å². The first-order valence-corrected chi connectivity index (χ1v) is 6.34. The maximum absolute atomic E-state index is 5.48. The summed E-state index contributed by atoms with van der Waals surface area (Å²) >= 11 is 0. The van der Waals surface area contributed by atoms with Gasteiger partial charge in [-0.2, -0.15) is 0 Å². The van der Waals surface area contributed by atoms with Crippen LogP contribution in [-0.2, 0) is 11.2 Å². The summed E-state index contributed by atoms with van der Waals surface area (Å²) in [5.74, 6) is 0. The van der Waals surface area contributed by atoms with Gasteiger partial charge in [0.05, 0.1) is 13.2 Å². The lowest BCUT2D eigenvalue weighted by atomic mass is 9.88. The van der Waals surface area contributed by atoms with Crippen LogP contribution in [0.4, 0.5) is 0 Å². The van der Waals surface area contributed by atoms with Gasteiger partial charge < -0.3 is 10.5 Å². The topological polar surface area (TPSA) is 35.2 Å². The van der Waals surface area contributed by atoms with Crippen molar-refractivity contribution in [3.63, 3.8) is 0 Å². The molecule has 1 aromatic rings. The molecule has 0 fully saturated rings. The molecule has 0 heterocycles. The highest BCUT2D eigenvalue weighted by molar-refractivity contribution is 5.49. The first kappa shape index (κ1) is 14.2. The zero-order valence-electron chi connectivity index (χ0n) is 11.8. The maximum Gasteiger partial charge on any atom is 0.0588 e. The van der Waals surface area contributed by atoms with Gasteiger partial charge in [-0.1, -0.05) is 0 Å². The lowest BCUT2D eigenvalue weighted by Crippen LogP contribution is -2.11. The van der Waals surface area contributed by atoms with Gasteiger partial charge in [-0.05, 0) is 74.4 Å². The molecule has 0 aromatic heterocycles. The Balaban J connectivity index is 2.92. The largest absolute Gasteiger partial charge is 0.380 e. The summed E-state index contributed by atoms with van der Waals surface area (Å²) in [6.07, 6.45) is 0.986. The van der Waals surface area contributed by atoms with Crippen molar-refractivity contribution in [2.24, 2.45) is 5.73 Å². The molecule has 0 radical (unpaired) electrons. The first-order valence-electron chi connectivity index (χ1n) is 6.34. The summed E-state index contributed by atoms with van der Waals surface area (Å²) < 4.78 is 5.48. The Morgan fingerprint density at radius 3 is 1.71 bits per heavy atom. The van der Waals surface area contributed by atoms with E-state index in [1.807, 2.05) is 0 Å². The van der Waals surface area contributed by atoms with Crippen LogP contribution in [0.15, 0.2) is 0 Å². The molecule has 0 aliphatic rings. The van der Waals surface area contributed by atoms with E-state index < -0.39 is 0 Å². The molecule has 2 heteroatoms. The molecular formula is C15H25NO. The molecule has 96 valence electrons. The number of hydrogen-bond donors (Lipinski definition) is 1. The van der Waals surface area contributed by atoms with E-state index in [4.69, 9.17) is 10.5 Å². The third-order valence-electron chi connectivity index (χ3n) is 3.91. The Morgan fingerprint density at radius 1 is 0.765 bits per heavy atom. The minimum Gasteiger partial charge on any atom is -0.380 e. The Hall–Kier alpha value is -0.860. The third kappa shape index (κ3) is 3.08. The highest BCUT2D eigenvalue weighted by Crippen LogP contribution is 2.26. The SMILES string of the molecule is Cc1c(C)c(C)c(CCOCCN)c(C)c1C. The zero-order valence-corrected chi connectivity index (χ0v) is 11.8. The molecular weight excluding hydrogens is 210 g/mol. The number of benzene rings is 1. The number of ether oxygens (including phenoxy) is 1. The van der Waals surface area contributed by atoms with Crippen molar-refractivity contribution in [2.75, 3.05) is 19.8 Å². The molecule has 0 amide bonds. The fraction of sp³-hybridized carbons (Fsp3) is 0.600. The van der Waals surface area contributed by atoms with Gasteiger partial charge in [0, 0.05) is 6.54 Å². The van der Waals surface area contributed by atoms with Gasteiger partial charge in [-0.25, -0.2) is 0 Å². The second kappa shape index (κ2) is 6.18. The van der Waals surface area contributed by atoms with Gasteiger partial charge in [0.1, 0.15) is 0 Å². The Morgan fingerprint density at radius 2 is 1.24 bits per heavy atom. The molecule has 0 unspecified atom stereocenters. The minimum atomic E-state index is 0.601. The maximum atomic E-state index is 5.48. The molecule has 2 nitrogen and oxygen atoms in total. The van der Waals surface area contributed by atoms with Crippen molar-refractivity contribution in [1.82, 2.24) is 0 Å². The van der Waals surface area contributed by atoms with Crippen molar-refractivity contribution < 1.29 is 4.74 Å². The number of nitrogens with two attached hydrogens (primary N) is 1. The lowest BCUT2D eigenvalue weighted by Gasteiger charge is -2.18. The van der Waals surface area contributed by atoms with Crippen molar-refractivity contribution in [3.8, 4) is 0 Å². The number of hydrogen-bond acceptors (Lipinski definition) is 2. The van der Waals surface area contributed by atoms with Crippen molar-refractivity contribution in [1.29, 1.82) is 0 Å². The highest BCUT2D eigenvalue weighted by Gasteiger charge is 2.11. The third-order valence-corrected chi connectivity index (χ3v) is 3.91. The fourth-order valence-corrected chi connectivity index (χ4v) is 2.31. The summed E-state index contributed by atoms with van der Waals surface area (Å²) in [5, 5.41) is 0. The molecule has 2 N–H and O–H groups in total. The lowest BCUT2D eigenvalue weighted by molar-refractivity contribution is 0.144. The molecule has 1 rings (SSSR count). The van der Waals surface area contributed by atoms with Crippen LogP contribution in [0.3, 0.4) is 0 Å². The monoisotopic (exact) mass is 235 g/mol. The van der Waals surface area contributed by atoms with E-state index in [0.29, 0.717) is 13.2 Å². The van der Waals surface area contributed by atoms with E-state index in [1.54, 1.807) is 0 Å². The quantitative estimate of drug-likeness (QED) is 0.796. The van der Waals surface area contributed by atoms with E-state index in [9.17, 15) is 0 Å². The van der Waals surface area contributed by atoms with Crippen LogP contribution in [-0.4, -0.2) is 19.8 Å². The van der Waals surface area contributed by atoms with Crippen LogP contribution in [0.2, 0.25) is 0 Å². The van der Waals surface area contributed by atoms with E-state index in [0.717, 1.165) is 13.0 Å². The molecule has 17 heavy (non-hydrogen) atoms. The van der Waals surface area contributed by atoms with E-state index in [2.05, 4.69) is 34.6 Å². The zero-order chi connectivity index (χ0) is 13.0. The molecule has 0 saturated carbocycles. The Labute approximate surface area is 105 Å². The van der Waals surface area contributed by atoms with E-state index in [-0.39, 0.29) is 0 Å². The van der Waals surface area contributed by atoms with Gasteiger partial charge in [0.15, 0.2) is 0 Å². The average molecular weight is 235 g/mol. The minimum absolute atomic E-state index is 0.601. The Bertz CT molecular complexity index is 367. The fourth-order valence-electron chi connectivity index (χ4n) is 2.31. The summed E-state index contributed by atoms with van der Waals surface area (Å²) in [6, 6.07) is 0. The summed E-state index contributed by atoms with van der Waals surface area (Å²) in [4.78, 5) is 0. The summed E-state index contributed by atoms with van der Waals surface area (Å²) in [5.41, 5.74) is 14.0. The van der Waals surface area contributed by atoms with Gasteiger partial charge in [0.2, 0.25) is 0 Å². The van der Waals surface area contributed by atoms with Gasteiger partial charge in [-0.3, -0.25) is 0 Å². The smallest absolute Gasteiger partial charge is 0.0588 e. The normalized spacial score (nSPS) is 10.9. The van der Waals surface area contributed by atoms with Crippen molar-refractivity contribution in [2.45, 2.75) is 41.0 Å². The van der Waals surface area contributed by atoms with Crippen molar-refractivity contribution in [3.05, 3.63) is 33.4 Å². The van der Waals surface area contributed by atoms with Crippen LogP contribution in [0.1, 0.15) is 33.4 Å². The number of rotatable bonds is 5. The van der Waals surface area contributed by atoms with Gasteiger partial charge in [-0.15, -0.1) is 0 Å². The molecule has 0 spiro atoms. The molecule has 0 aliphatic carbocycles. The molecule has 0 bridgehead atoms. The van der Waals surface area contributed by atoms with E-state index >= 15 is 0 Å². The van der Waals surface area contributed by atoms with Crippen LogP contribution in [0.5, 0.6) is 0 Å². The van der Waals surface area contributed by atoms with Crippen LogP contribution >= 0.6 is 0 Å². The molecule has 1 aromatic carbocycles. The van der Waals surface area contributed by atoms with E-state index in [1.165, 1.54) is 33.4 Å². The van der Waals surface area contributed by atoms with Gasteiger partial charge in [0.25, 0.3) is 0 Å². The standard InChI is InChI=1S/C15H25NO/c1-10-11(2)13(4)15(14(5)12(10)3)6-8-17-9-7-16/h6-9,16H2,1-5H3. The van der Waals surface area contributed by atoms with Crippen molar-refractivity contribution >= 4 is 0 Å². The highest BCUT2D eigenvalue weighted by atomic mass is 16.5.